The predicted molar refractivity (Wildman–Crippen MR) is 63.8 cm³/mol. The first-order valence-corrected chi connectivity index (χ1v) is 5.90. The van der Waals surface area contributed by atoms with Crippen LogP contribution in [0.2, 0.25) is 0 Å². The Balaban J connectivity index is 2.18. The van der Waals surface area contributed by atoms with Gasteiger partial charge in [-0.25, -0.2) is 4.98 Å². The molecule has 0 aliphatic heterocycles. The van der Waals surface area contributed by atoms with Gasteiger partial charge in [0.1, 0.15) is 0 Å². The fourth-order valence-corrected chi connectivity index (χ4v) is 2.12. The van der Waals surface area contributed by atoms with Crippen molar-refractivity contribution in [1.29, 1.82) is 0 Å². The average molecular weight is 241 g/mol. The molecule has 0 spiro atoms. The maximum absolute atomic E-state index is 12.2. The highest BCUT2D eigenvalue weighted by atomic mass is 16.4. The first-order valence-electron chi connectivity index (χ1n) is 5.90. The second-order valence-corrected chi connectivity index (χ2v) is 4.24. The highest BCUT2D eigenvalue weighted by molar-refractivity contribution is 6.26. The average Bonchev–Trinajstić information content (AvgIpc) is 2.81. The number of hydrogen-bond donors (Lipinski definition) is 0. The van der Waals surface area contributed by atoms with Gasteiger partial charge in [0.15, 0.2) is 11.6 Å². The van der Waals surface area contributed by atoms with Crippen molar-refractivity contribution in [3.05, 3.63) is 52.7 Å². The van der Waals surface area contributed by atoms with Gasteiger partial charge in [-0.3, -0.25) is 9.59 Å². The molecule has 0 saturated carbocycles. The molecule has 0 atom stereocenters. The molecule has 0 amide bonds. The molecule has 0 saturated heterocycles. The monoisotopic (exact) mass is 241 g/mol. The largest absolute Gasteiger partial charge is 0.436 e. The predicted octanol–water partition coefficient (Wildman–Crippen LogP) is 2.40. The number of oxazole rings is 1. The smallest absolute Gasteiger partial charge is 0.231 e. The quantitative estimate of drug-likeness (QED) is 0.691. The van der Waals surface area contributed by atoms with E-state index >= 15 is 0 Å². The van der Waals surface area contributed by atoms with Gasteiger partial charge in [-0.2, -0.15) is 0 Å². The fraction of sp³-hybridized carbons (Fsp3) is 0.214. The van der Waals surface area contributed by atoms with E-state index < -0.39 is 0 Å². The van der Waals surface area contributed by atoms with E-state index in [0.29, 0.717) is 23.4 Å². The zero-order valence-corrected chi connectivity index (χ0v) is 9.90. The lowest BCUT2D eigenvalue weighted by atomic mass is 9.91. The van der Waals surface area contributed by atoms with Gasteiger partial charge in [-0.15, -0.1) is 0 Å². The summed E-state index contributed by atoms with van der Waals surface area (Å²) in [6.45, 7) is 1.99. The van der Waals surface area contributed by atoms with Crippen molar-refractivity contribution >= 4 is 11.6 Å². The van der Waals surface area contributed by atoms with Crippen molar-refractivity contribution in [3.63, 3.8) is 0 Å². The van der Waals surface area contributed by atoms with Crippen molar-refractivity contribution < 1.29 is 14.0 Å². The van der Waals surface area contributed by atoms with Crippen molar-refractivity contribution in [2.75, 3.05) is 0 Å². The Labute approximate surface area is 104 Å². The summed E-state index contributed by atoms with van der Waals surface area (Å²) in [4.78, 5) is 28.5. The van der Waals surface area contributed by atoms with E-state index in [1.54, 1.807) is 24.3 Å². The summed E-state index contributed by atoms with van der Waals surface area (Å²) in [6.07, 6.45) is 1.48. The third-order valence-electron chi connectivity index (χ3n) is 2.97. The molecule has 0 fully saturated rings. The molecule has 90 valence electrons. The molecule has 1 heterocycles. The summed E-state index contributed by atoms with van der Waals surface area (Å²) in [5, 5.41) is 0. The number of carbonyl (C=O) groups excluding carboxylic acids is 2. The number of benzene rings is 1. The molecule has 4 heteroatoms. The number of rotatable bonds is 2. The summed E-state index contributed by atoms with van der Waals surface area (Å²) in [5.41, 5.74) is 0.961. The lowest BCUT2D eigenvalue weighted by Gasteiger charge is -2.10. The lowest BCUT2D eigenvalue weighted by molar-refractivity contribution is 0.0958. The van der Waals surface area contributed by atoms with E-state index in [9.17, 15) is 9.59 Å². The van der Waals surface area contributed by atoms with Crippen LogP contribution in [0.4, 0.5) is 0 Å². The number of ketones is 2. The van der Waals surface area contributed by atoms with E-state index in [2.05, 4.69) is 4.98 Å². The maximum atomic E-state index is 12.2. The minimum atomic E-state index is -0.255. The molecule has 1 aromatic carbocycles. The van der Waals surface area contributed by atoms with Crippen molar-refractivity contribution in [2.45, 2.75) is 19.8 Å². The van der Waals surface area contributed by atoms with E-state index in [1.807, 2.05) is 6.92 Å². The molecular formula is C14H11NO3. The maximum Gasteiger partial charge on any atom is 0.231 e. The van der Waals surface area contributed by atoms with E-state index in [-0.39, 0.29) is 23.0 Å². The topological polar surface area (TPSA) is 60.2 Å². The minimum Gasteiger partial charge on any atom is -0.436 e. The number of aromatic nitrogens is 1. The summed E-state index contributed by atoms with van der Waals surface area (Å²) in [5.74, 6) is 0.0560. The zero-order valence-electron chi connectivity index (χ0n) is 9.90. The Kier molecular flexibility index (Phi) is 2.37. The number of carbonyl (C=O) groups is 2. The van der Waals surface area contributed by atoms with Crippen LogP contribution in [0, 0.1) is 0 Å². The SMILES string of the molecule is CCCc1nc2c(o1)C(=O)c1ccccc1C2=O. The van der Waals surface area contributed by atoms with Crippen LogP contribution in [0.1, 0.15) is 51.4 Å². The Morgan fingerprint density at radius 1 is 1.11 bits per heavy atom. The Hall–Kier alpha value is -2.23. The van der Waals surface area contributed by atoms with Gasteiger partial charge in [0.2, 0.25) is 17.3 Å². The van der Waals surface area contributed by atoms with E-state index in [1.165, 1.54) is 0 Å². The van der Waals surface area contributed by atoms with Crippen molar-refractivity contribution in [2.24, 2.45) is 0 Å². The molecule has 4 nitrogen and oxygen atoms in total. The van der Waals surface area contributed by atoms with Crippen LogP contribution in [-0.2, 0) is 6.42 Å². The number of aryl methyl sites for hydroxylation is 1. The molecule has 1 aromatic heterocycles. The summed E-state index contributed by atoms with van der Waals surface area (Å²) >= 11 is 0. The standard InChI is InChI=1S/C14H11NO3/c1-2-5-10-15-11-12(16)8-6-3-4-7-9(8)13(17)14(11)18-10/h3-4,6-7H,2,5H2,1H3. The molecule has 0 radical (unpaired) electrons. The van der Waals surface area contributed by atoms with Gasteiger partial charge >= 0.3 is 0 Å². The molecule has 0 bridgehead atoms. The number of nitrogens with zero attached hydrogens (tertiary/aromatic N) is 1. The highest BCUT2D eigenvalue weighted by Crippen LogP contribution is 2.27. The van der Waals surface area contributed by atoms with Crippen molar-refractivity contribution in [1.82, 2.24) is 4.98 Å². The first-order chi connectivity index (χ1) is 8.72. The number of fused-ring (bicyclic) bond motifs is 2. The summed E-state index contributed by atoms with van der Waals surface area (Å²) in [7, 11) is 0. The third kappa shape index (κ3) is 1.42. The van der Waals surface area contributed by atoms with E-state index in [4.69, 9.17) is 4.42 Å². The summed E-state index contributed by atoms with van der Waals surface area (Å²) < 4.78 is 5.40. The molecule has 0 unspecified atom stereocenters. The molecule has 18 heavy (non-hydrogen) atoms. The highest BCUT2D eigenvalue weighted by Gasteiger charge is 2.34. The molecule has 3 rings (SSSR count). The second-order valence-electron chi connectivity index (χ2n) is 4.24. The zero-order chi connectivity index (χ0) is 12.7. The molecule has 2 aromatic rings. The van der Waals surface area contributed by atoms with Gasteiger partial charge < -0.3 is 4.42 Å². The second kappa shape index (κ2) is 3.91. The van der Waals surface area contributed by atoms with Gasteiger partial charge in [0.25, 0.3) is 0 Å². The van der Waals surface area contributed by atoms with Crippen LogP contribution in [0.3, 0.4) is 0 Å². The normalized spacial score (nSPS) is 13.4. The van der Waals surface area contributed by atoms with E-state index in [0.717, 1.165) is 6.42 Å². The van der Waals surface area contributed by atoms with Gasteiger partial charge in [-0.1, -0.05) is 31.2 Å². The van der Waals surface area contributed by atoms with Gasteiger partial charge in [0.05, 0.1) is 0 Å². The van der Waals surface area contributed by atoms with Crippen LogP contribution in [0.25, 0.3) is 0 Å². The Morgan fingerprint density at radius 3 is 2.44 bits per heavy atom. The third-order valence-corrected chi connectivity index (χ3v) is 2.97. The molecular weight excluding hydrogens is 230 g/mol. The minimum absolute atomic E-state index is 0.0853. The first kappa shape index (κ1) is 10.9. The Bertz CT molecular complexity index is 602. The number of hydrogen-bond acceptors (Lipinski definition) is 4. The van der Waals surface area contributed by atoms with Gasteiger partial charge in [-0.05, 0) is 6.42 Å². The Morgan fingerprint density at radius 2 is 1.78 bits per heavy atom. The van der Waals surface area contributed by atoms with Crippen LogP contribution >= 0.6 is 0 Å². The van der Waals surface area contributed by atoms with Crippen LogP contribution < -0.4 is 0 Å². The molecule has 0 N–H and O–H groups in total. The summed E-state index contributed by atoms with van der Waals surface area (Å²) in [6, 6.07) is 6.76. The molecule has 1 aliphatic carbocycles. The van der Waals surface area contributed by atoms with Crippen molar-refractivity contribution in [3.8, 4) is 0 Å². The molecule has 1 aliphatic rings. The lowest BCUT2D eigenvalue weighted by Crippen LogP contribution is -2.19. The van der Waals surface area contributed by atoms with Crippen LogP contribution in [-0.4, -0.2) is 16.6 Å². The van der Waals surface area contributed by atoms with Crippen LogP contribution in [0.5, 0.6) is 0 Å². The fourth-order valence-electron chi connectivity index (χ4n) is 2.12. The van der Waals surface area contributed by atoms with Crippen LogP contribution in [0.15, 0.2) is 28.7 Å². The van der Waals surface area contributed by atoms with Gasteiger partial charge in [0, 0.05) is 17.5 Å².